The second-order valence-corrected chi connectivity index (χ2v) is 5.90. The van der Waals surface area contributed by atoms with E-state index < -0.39 is 0 Å². The van der Waals surface area contributed by atoms with Crippen molar-refractivity contribution >= 4 is 0 Å². The molecule has 1 saturated heterocycles. The van der Waals surface area contributed by atoms with Crippen LogP contribution >= 0.6 is 0 Å². The van der Waals surface area contributed by atoms with Gasteiger partial charge in [-0.15, -0.1) is 0 Å². The average molecular weight is 273 g/mol. The van der Waals surface area contributed by atoms with Gasteiger partial charge >= 0.3 is 0 Å². The number of nitrogens with one attached hydrogen (secondary N) is 1. The van der Waals surface area contributed by atoms with E-state index in [1.165, 1.54) is 12.8 Å². The molecule has 2 aliphatic rings. The maximum absolute atomic E-state index is 5.61. The summed E-state index contributed by atoms with van der Waals surface area (Å²) in [4.78, 5) is 4.68. The summed E-state index contributed by atoms with van der Waals surface area (Å²) in [7, 11) is 0. The maximum Gasteiger partial charge on any atom is 0.254 e. The minimum atomic E-state index is -0.274. The fourth-order valence-electron chi connectivity index (χ4n) is 3.01. The predicted molar refractivity (Wildman–Crippen MR) is 72.1 cm³/mol. The molecule has 0 radical (unpaired) electrons. The molecule has 0 spiro atoms. The molecule has 6 nitrogen and oxygen atoms in total. The third-order valence-electron chi connectivity index (χ3n) is 4.41. The van der Waals surface area contributed by atoms with Crippen LogP contribution in [0.2, 0.25) is 0 Å². The average Bonchev–Trinajstić information content (AvgIpc) is 2.97. The lowest BCUT2D eigenvalue weighted by Crippen LogP contribution is -2.45. The highest BCUT2D eigenvalue weighted by molar-refractivity contribution is 5.09. The molecule has 4 rings (SSSR count). The Morgan fingerprint density at radius 1 is 1.35 bits per heavy atom. The zero-order valence-corrected chi connectivity index (χ0v) is 11.5. The number of piperidine rings is 1. The quantitative estimate of drug-likeness (QED) is 0.910. The minimum Gasteiger partial charge on any atom is -0.337 e. The molecule has 2 aromatic rings. The molecule has 2 fully saturated rings. The first-order valence-electron chi connectivity index (χ1n) is 7.41. The van der Waals surface area contributed by atoms with Crippen LogP contribution in [-0.2, 0) is 12.0 Å². The summed E-state index contributed by atoms with van der Waals surface area (Å²) < 4.78 is 7.60. The van der Waals surface area contributed by atoms with Crippen molar-refractivity contribution < 1.29 is 4.52 Å². The molecule has 106 valence electrons. The van der Waals surface area contributed by atoms with Gasteiger partial charge < -0.3 is 9.84 Å². The van der Waals surface area contributed by atoms with Crippen LogP contribution < -0.4 is 5.32 Å². The summed E-state index contributed by atoms with van der Waals surface area (Å²) in [6, 6.07) is 1.95. The van der Waals surface area contributed by atoms with Gasteiger partial charge in [-0.2, -0.15) is 10.1 Å². The second kappa shape index (κ2) is 4.70. The number of rotatable bonds is 4. The molecule has 0 unspecified atom stereocenters. The van der Waals surface area contributed by atoms with E-state index >= 15 is 0 Å². The predicted octanol–water partition coefficient (Wildman–Crippen LogP) is 1.35. The van der Waals surface area contributed by atoms with Gasteiger partial charge in [-0.3, -0.25) is 4.68 Å². The molecule has 6 heteroatoms. The van der Waals surface area contributed by atoms with E-state index in [9.17, 15) is 0 Å². The SMILES string of the molecule is c1cnn(C2(c3nc(CC4CC4)no3)CCNCC2)c1. The second-order valence-electron chi connectivity index (χ2n) is 5.90. The van der Waals surface area contributed by atoms with Crippen LogP contribution in [0.4, 0.5) is 0 Å². The van der Waals surface area contributed by atoms with Crippen molar-refractivity contribution in [3.63, 3.8) is 0 Å². The normalized spacial score (nSPS) is 22.0. The lowest BCUT2D eigenvalue weighted by molar-refractivity contribution is 0.172. The first kappa shape index (κ1) is 12.1. The van der Waals surface area contributed by atoms with E-state index in [-0.39, 0.29) is 5.54 Å². The summed E-state index contributed by atoms with van der Waals surface area (Å²) in [6.07, 6.45) is 9.23. The van der Waals surface area contributed by atoms with Gasteiger partial charge in [0.1, 0.15) is 5.54 Å². The Bertz CT molecular complexity index is 566. The van der Waals surface area contributed by atoms with E-state index in [0.29, 0.717) is 0 Å². The summed E-state index contributed by atoms with van der Waals surface area (Å²) in [5.74, 6) is 2.35. The number of nitrogens with zero attached hydrogens (tertiary/aromatic N) is 4. The summed E-state index contributed by atoms with van der Waals surface area (Å²) in [5, 5.41) is 12.0. The van der Waals surface area contributed by atoms with E-state index in [0.717, 1.165) is 50.0 Å². The van der Waals surface area contributed by atoms with Gasteiger partial charge in [0.05, 0.1) is 0 Å². The Balaban J connectivity index is 1.68. The monoisotopic (exact) mass is 273 g/mol. The molecule has 1 saturated carbocycles. The van der Waals surface area contributed by atoms with Gasteiger partial charge in [0, 0.05) is 18.8 Å². The van der Waals surface area contributed by atoms with E-state index in [1.807, 2.05) is 23.1 Å². The van der Waals surface area contributed by atoms with E-state index in [2.05, 4.69) is 20.6 Å². The highest BCUT2D eigenvalue weighted by Crippen LogP contribution is 2.35. The van der Waals surface area contributed by atoms with E-state index in [4.69, 9.17) is 4.52 Å². The number of aromatic nitrogens is 4. The van der Waals surface area contributed by atoms with Crippen LogP contribution in [0.5, 0.6) is 0 Å². The van der Waals surface area contributed by atoms with Gasteiger partial charge in [0.25, 0.3) is 5.89 Å². The van der Waals surface area contributed by atoms with Crippen LogP contribution in [0.1, 0.15) is 37.4 Å². The minimum absolute atomic E-state index is 0.274. The fraction of sp³-hybridized carbons (Fsp3) is 0.643. The standard InChI is InChI=1S/C14H19N5O/c1-6-16-19(9-1)14(4-7-15-8-5-14)13-17-12(18-20-13)10-11-2-3-11/h1,6,9,11,15H,2-5,7-8,10H2. The molecular formula is C14H19N5O. The molecule has 20 heavy (non-hydrogen) atoms. The molecule has 1 aliphatic heterocycles. The van der Waals surface area contributed by atoms with E-state index in [1.54, 1.807) is 0 Å². The Hall–Kier alpha value is -1.69. The van der Waals surface area contributed by atoms with Crippen LogP contribution in [0.15, 0.2) is 23.0 Å². The largest absolute Gasteiger partial charge is 0.337 e. The van der Waals surface area contributed by atoms with Crippen LogP contribution in [-0.4, -0.2) is 33.0 Å². The third kappa shape index (κ3) is 2.04. The Morgan fingerprint density at radius 3 is 2.90 bits per heavy atom. The molecule has 2 aromatic heterocycles. The van der Waals surface area contributed by atoms with Gasteiger partial charge in [-0.05, 0) is 50.8 Å². The van der Waals surface area contributed by atoms with Crippen molar-refractivity contribution in [1.29, 1.82) is 0 Å². The van der Waals surface area contributed by atoms with Crippen molar-refractivity contribution in [2.45, 2.75) is 37.6 Å². The first-order chi connectivity index (χ1) is 9.87. The first-order valence-corrected chi connectivity index (χ1v) is 7.41. The molecule has 0 amide bonds. The molecule has 1 N–H and O–H groups in total. The zero-order valence-electron chi connectivity index (χ0n) is 11.5. The van der Waals surface area contributed by atoms with Crippen molar-refractivity contribution in [2.24, 2.45) is 5.92 Å². The van der Waals surface area contributed by atoms with Gasteiger partial charge in [0.15, 0.2) is 5.82 Å². The molecule has 3 heterocycles. The van der Waals surface area contributed by atoms with Gasteiger partial charge in [-0.1, -0.05) is 5.16 Å². The fourth-order valence-corrected chi connectivity index (χ4v) is 3.01. The Labute approximate surface area is 117 Å². The summed E-state index contributed by atoms with van der Waals surface area (Å²) in [5.41, 5.74) is -0.274. The highest BCUT2D eigenvalue weighted by atomic mass is 16.5. The van der Waals surface area contributed by atoms with Crippen LogP contribution in [0.3, 0.4) is 0 Å². The lowest BCUT2D eigenvalue weighted by atomic mass is 9.88. The van der Waals surface area contributed by atoms with Crippen molar-refractivity contribution in [1.82, 2.24) is 25.2 Å². The molecular weight excluding hydrogens is 254 g/mol. The lowest BCUT2D eigenvalue weighted by Gasteiger charge is -2.34. The molecule has 0 aromatic carbocycles. The highest BCUT2D eigenvalue weighted by Gasteiger charge is 2.42. The van der Waals surface area contributed by atoms with Crippen LogP contribution in [0, 0.1) is 5.92 Å². The van der Waals surface area contributed by atoms with Crippen molar-refractivity contribution in [2.75, 3.05) is 13.1 Å². The Kier molecular flexibility index (Phi) is 2.84. The molecule has 1 aliphatic carbocycles. The van der Waals surface area contributed by atoms with Gasteiger partial charge in [0.2, 0.25) is 0 Å². The summed E-state index contributed by atoms with van der Waals surface area (Å²) in [6.45, 7) is 1.89. The Morgan fingerprint density at radius 2 is 2.20 bits per heavy atom. The third-order valence-corrected chi connectivity index (χ3v) is 4.41. The van der Waals surface area contributed by atoms with Crippen molar-refractivity contribution in [3.8, 4) is 0 Å². The zero-order chi connectivity index (χ0) is 13.4. The number of hydrogen-bond acceptors (Lipinski definition) is 5. The molecule has 0 atom stereocenters. The maximum atomic E-state index is 5.61. The molecule has 0 bridgehead atoms. The smallest absolute Gasteiger partial charge is 0.254 e. The van der Waals surface area contributed by atoms with Gasteiger partial charge in [-0.25, -0.2) is 0 Å². The van der Waals surface area contributed by atoms with Crippen molar-refractivity contribution in [3.05, 3.63) is 30.2 Å². The summed E-state index contributed by atoms with van der Waals surface area (Å²) >= 11 is 0. The van der Waals surface area contributed by atoms with Crippen LogP contribution in [0.25, 0.3) is 0 Å². The topological polar surface area (TPSA) is 68.8 Å². The number of hydrogen-bond donors (Lipinski definition) is 1.